The predicted molar refractivity (Wildman–Crippen MR) is 120 cm³/mol. The van der Waals surface area contributed by atoms with Crippen molar-refractivity contribution < 1.29 is 14.6 Å². The SMILES string of the molecule is COc1cc(N(C[C@@H](C)Br)C[C@@H](C)Br)ccc1N=Nc1ccccc1C(=O)O. The summed E-state index contributed by atoms with van der Waals surface area (Å²) in [5, 5.41) is 17.6. The topological polar surface area (TPSA) is 74.5 Å². The number of halogens is 2. The second-order valence-corrected chi connectivity index (χ2v) is 9.47. The minimum absolute atomic E-state index is 0.102. The Labute approximate surface area is 181 Å². The van der Waals surface area contributed by atoms with Crippen LogP contribution in [0, 0.1) is 0 Å². The Morgan fingerprint density at radius 1 is 1.07 bits per heavy atom. The lowest BCUT2D eigenvalue weighted by Gasteiger charge is -2.28. The largest absolute Gasteiger partial charge is 0.494 e. The average Bonchev–Trinajstić information content (AvgIpc) is 2.65. The van der Waals surface area contributed by atoms with Gasteiger partial charge >= 0.3 is 5.97 Å². The second kappa shape index (κ2) is 10.6. The van der Waals surface area contributed by atoms with Crippen LogP contribution in [0.3, 0.4) is 0 Å². The fourth-order valence-electron chi connectivity index (χ4n) is 2.69. The van der Waals surface area contributed by atoms with Gasteiger partial charge in [0.1, 0.15) is 17.1 Å². The zero-order valence-electron chi connectivity index (χ0n) is 16.0. The van der Waals surface area contributed by atoms with E-state index in [4.69, 9.17) is 4.74 Å². The summed E-state index contributed by atoms with van der Waals surface area (Å²) in [7, 11) is 1.58. The van der Waals surface area contributed by atoms with Gasteiger partial charge in [0.2, 0.25) is 0 Å². The Kier molecular flexibility index (Phi) is 8.44. The first-order chi connectivity index (χ1) is 13.3. The molecule has 0 fully saturated rings. The number of nitrogens with zero attached hydrogens (tertiary/aromatic N) is 3. The molecule has 28 heavy (non-hydrogen) atoms. The highest BCUT2D eigenvalue weighted by Gasteiger charge is 2.15. The van der Waals surface area contributed by atoms with Gasteiger partial charge in [-0.15, -0.1) is 10.2 Å². The van der Waals surface area contributed by atoms with Crippen molar-refractivity contribution in [2.45, 2.75) is 23.5 Å². The molecule has 0 aliphatic heterocycles. The van der Waals surface area contributed by atoms with Crippen LogP contribution in [0.5, 0.6) is 5.75 Å². The number of aromatic carboxylic acids is 1. The van der Waals surface area contributed by atoms with Crippen LogP contribution >= 0.6 is 31.9 Å². The van der Waals surface area contributed by atoms with Crippen molar-refractivity contribution in [2.75, 3.05) is 25.1 Å². The number of benzene rings is 2. The van der Waals surface area contributed by atoms with Gasteiger partial charge in [0.25, 0.3) is 0 Å². The van der Waals surface area contributed by atoms with E-state index in [0.717, 1.165) is 18.8 Å². The van der Waals surface area contributed by atoms with Crippen LogP contribution in [0.2, 0.25) is 0 Å². The van der Waals surface area contributed by atoms with Crippen molar-refractivity contribution in [3.05, 3.63) is 48.0 Å². The Bertz CT molecular complexity index is 831. The van der Waals surface area contributed by atoms with E-state index in [2.05, 4.69) is 60.8 Å². The Morgan fingerprint density at radius 2 is 1.68 bits per heavy atom. The Hall–Kier alpha value is -1.93. The molecule has 6 nitrogen and oxygen atoms in total. The van der Waals surface area contributed by atoms with E-state index in [1.54, 1.807) is 25.3 Å². The van der Waals surface area contributed by atoms with Crippen LogP contribution in [0.15, 0.2) is 52.7 Å². The maximum absolute atomic E-state index is 11.3. The summed E-state index contributed by atoms with van der Waals surface area (Å²) in [6.07, 6.45) is 0. The highest BCUT2D eigenvalue weighted by Crippen LogP contribution is 2.34. The number of carbonyl (C=O) groups is 1. The van der Waals surface area contributed by atoms with Gasteiger partial charge < -0.3 is 14.7 Å². The van der Waals surface area contributed by atoms with E-state index >= 15 is 0 Å². The van der Waals surface area contributed by atoms with E-state index in [-0.39, 0.29) is 5.56 Å². The van der Waals surface area contributed by atoms with Crippen molar-refractivity contribution in [2.24, 2.45) is 10.2 Å². The molecule has 1 N–H and O–H groups in total. The molecule has 150 valence electrons. The molecule has 8 heteroatoms. The van der Waals surface area contributed by atoms with Gasteiger partial charge in [-0.05, 0) is 24.3 Å². The van der Waals surface area contributed by atoms with Crippen LogP contribution in [0.4, 0.5) is 17.1 Å². The third-order valence-corrected chi connectivity index (χ3v) is 4.45. The first-order valence-electron chi connectivity index (χ1n) is 8.77. The maximum Gasteiger partial charge on any atom is 0.337 e. The maximum atomic E-state index is 11.3. The van der Waals surface area contributed by atoms with Crippen LogP contribution in [0.25, 0.3) is 0 Å². The number of alkyl halides is 2. The standard InChI is InChI=1S/C20H23Br2N3O3/c1-13(21)11-25(12-14(2)22)15-8-9-18(19(10-15)28-3)24-23-17-7-5-4-6-16(17)20(26)27/h4-10,13-14H,11-12H2,1-3H3,(H,26,27)/t13-,14-/m1/s1. The number of anilines is 1. The molecule has 2 aromatic carbocycles. The fourth-order valence-corrected chi connectivity index (χ4v) is 3.39. The number of azo groups is 1. The molecule has 0 aliphatic carbocycles. The smallest absolute Gasteiger partial charge is 0.337 e. The first kappa shape index (κ1) is 22.4. The molecule has 0 radical (unpaired) electrons. The number of carboxylic acid groups (broad SMARTS) is 1. The molecule has 0 aliphatic rings. The second-order valence-electron chi connectivity index (χ2n) is 6.34. The third-order valence-electron chi connectivity index (χ3n) is 3.87. The number of hydrogen-bond acceptors (Lipinski definition) is 5. The van der Waals surface area contributed by atoms with Crippen molar-refractivity contribution in [3.63, 3.8) is 0 Å². The van der Waals surface area contributed by atoms with Crippen molar-refractivity contribution in [3.8, 4) is 5.75 Å². The van der Waals surface area contributed by atoms with Crippen LogP contribution in [-0.4, -0.2) is 40.9 Å². The number of rotatable bonds is 9. The predicted octanol–water partition coefficient (Wildman–Crippen LogP) is 6.18. The van der Waals surface area contributed by atoms with Crippen LogP contribution < -0.4 is 9.64 Å². The normalized spacial score (nSPS) is 13.3. The lowest BCUT2D eigenvalue weighted by atomic mass is 10.2. The van der Waals surface area contributed by atoms with E-state index in [0.29, 0.717) is 26.8 Å². The molecule has 0 unspecified atom stereocenters. The molecule has 0 spiro atoms. The summed E-state index contributed by atoms with van der Waals surface area (Å²) < 4.78 is 5.49. The molecule has 0 amide bonds. The zero-order chi connectivity index (χ0) is 20.7. The lowest BCUT2D eigenvalue weighted by molar-refractivity contribution is 0.0697. The molecular formula is C20H23Br2N3O3. The summed E-state index contributed by atoms with van der Waals surface area (Å²) in [6, 6.07) is 12.2. The summed E-state index contributed by atoms with van der Waals surface area (Å²) in [5.74, 6) is -0.469. The van der Waals surface area contributed by atoms with Crippen LogP contribution in [-0.2, 0) is 0 Å². The lowest BCUT2D eigenvalue weighted by Crippen LogP contribution is -2.33. The highest BCUT2D eigenvalue weighted by atomic mass is 79.9. The van der Waals surface area contributed by atoms with Gasteiger partial charge in [0.05, 0.1) is 12.7 Å². The molecule has 0 aromatic heterocycles. The zero-order valence-corrected chi connectivity index (χ0v) is 19.1. The monoisotopic (exact) mass is 511 g/mol. The quantitative estimate of drug-likeness (QED) is 0.321. The molecule has 2 aromatic rings. The van der Waals surface area contributed by atoms with Crippen LogP contribution in [0.1, 0.15) is 24.2 Å². The number of methoxy groups -OCH3 is 1. The van der Waals surface area contributed by atoms with Crippen molar-refractivity contribution in [1.29, 1.82) is 0 Å². The van der Waals surface area contributed by atoms with Gasteiger partial charge in [0.15, 0.2) is 0 Å². The Balaban J connectivity index is 2.33. The third kappa shape index (κ3) is 6.31. The minimum Gasteiger partial charge on any atom is -0.494 e. The molecule has 0 bridgehead atoms. The summed E-state index contributed by atoms with van der Waals surface area (Å²) >= 11 is 7.22. The molecule has 2 atom stereocenters. The van der Waals surface area contributed by atoms with Gasteiger partial charge in [-0.2, -0.15) is 0 Å². The van der Waals surface area contributed by atoms with Crippen molar-refractivity contribution >= 4 is 54.9 Å². The summed E-state index contributed by atoms with van der Waals surface area (Å²) in [6.45, 7) is 5.88. The van der Waals surface area contributed by atoms with E-state index in [9.17, 15) is 9.90 Å². The average molecular weight is 513 g/mol. The van der Waals surface area contributed by atoms with Gasteiger partial charge in [-0.1, -0.05) is 57.8 Å². The van der Waals surface area contributed by atoms with E-state index in [1.807, 2.05) is 18.2 Å². The molecular weight excluding hydrogens is 490 g/mol. The number of carboxylic acids is 1. The molecule has 0 saturated heterocycles. The highest BCUT2D eigenvalue weighted by molar-refractivity contribution is 9.09. The van der Waals surface area contributed by atoms with Crippen molar-refractivity contribution in [1.82, 2.24) is 0 Å². The summed E-state index contributed by atoms with van der Waals surface area (Å²) in [5.41, 5.74) is 1.94. The van der Waals surface area contributed by atoms with E-state index in [1.165, 1.54) is 6.07 Å². The van der Waals surface area contributed by atoms with E-state index < -0.39 is 5.97 Å². The number of ether oxygens (including phenoxy) is 1. The Morgan fingerprint density at radius 3 is 2.25 bits per heavy atom. The molecule has 0 heterocycles. The minimum atomic E-state index is -1.04. The fraction of sp³-hybridized carbons (Fsp3) is 0.350. The van der Waals surface area contributed by atoms with Gasteiger partial charge in [-0.25, -0.2) is 4.79 Å². The van der Waals surface area contributed by atoms with Gasteiger partial charge in [-0.3, -0.25) is 0 Å². The summed E-state index contributed by atoms with van der Waals surface area (Å²) in [4.78, 5) is 14.2. The number of hydrogen-bond donors (Lipinski definition) is 1. The molecule has 0 saturated carbocycles. The molecule has 2 rings (SSSR count). The first-order valence-corrected chi connectivity index (χ1v) is 10.6. The van der Waals surface area contributed by atoms with Gasteiger partial charge in [0, 0.05) is 34.5 Å².